The van der Waals surface area contributed by atoms with E-state index in [9.17, 15) is 17.6 Å². The summed E-state index contributed by atoms with van der Waals surface area (Å²) < 4.78 is 42.1. The Morgan fingerprint density at radius 1 is 0.811 bits per heavy atom. The monoisotopic (exact) mass is 511 g/mol. The number of amides is 1. The minimum atomic E-state index is -4.23. The van der Waals surface area contributed by atoms with Crippen LogP contribution in [0.3, 0.4) is 0 Å². The molecule has 1 N–H and O–H groups in total. The van der Waals surface area contributed by atoms with Gasteiger partial charge in [0.25, 0.3) is 15.9 Å². The van der Waals surface area contributed by atoms with Crippen molar-refractivity contribution in [1.82, 2.24) is 5.43 Å². The first-order chi connectivity index (χ1) is 17.9. The number of nitrogens with one attached hydrogen (secondary N) is 1. The van der Waals surface area contributed by atoms with Gasteiger partial charge in [0, 0.05) is 5.56 Å². The molecule has 184 valence electrons. The van der Waals surface area contributed by atoms with Crippen LogP contribution in [-0.4, -0.2) is 27.1 Å². The summed E-state index contributed by atoms with van der Waals surface area (Å²) in [6, 6.07) is 30.8. The molecule has 37 heavy (non-hydrogen) atoms. The zero-order valence-corrected chi connectivity index (χ0v) is 20.4. The number of hydrogen-bond donors (Lipinski definition) is 1. The third-order valence-electron chi connectivity index (χ3n) is 5.94. The van der Waals surface area contributed by atoms with Crippen LogP contribution in [0.5, 0.6) is 0 Å². The van der Waals surface area contributed by atoms with E-state index in [-0.39, 0.29) is 10.6 Å². The minimum absolute atomic E-state index is 0.0585. The molecule has 0 fully saturated rings. The largest absolute Gasteiger partial charge is 0.271 e. The molecular formula is C29H22FN3O3S. The fourth-order valence-corrected chi connectivity index (χ4v) is 5.65. The highest BCUT2D eigenvalue weighted by Gasteiger charge is 2.29. The number of halogens is 1. The average molecular weight is 512 g/mol. The molecule has 0 aliphatic rings. The van der Waals surface area contributed by atoms with Crippen LogP contribution < -0.4 is 9.73 Å². The summed E-state index contributed by atoms with van der Waals surface area (Å²) in [6.07, 6.45) is 1.54. The Morgan fingerprint density at radius 2 is 1.38 bits per heavy atom. The fraction of sp³-hybridized carbons (Fsp3) is 0.0345. The van der Waals surface area contributed by atoms with Crippen molar-refractivity contribution in [2.24, 2.45) is 5.10 Å². The van der Waals surface area contributed by atoms with E-state index in [0.717, 1.165) is 37.5 Å². The van der Waals surface area contributed by atoms with E-state index in [4.69, 9.17) is 0 Å². The van der Waals surface area contributed by atoms with Gasteiger partial charge < -0.3 is 0 Å². The molecule has 1 amide bonds. The SMILES string of the molecule is O=C(CN(c1ccccc1F)S(=O)(=O)c1ccccc1)N/N=C\c1c2ccccc2cc2ccccc12. The molecule has 0 saturated carbocycles. The summed E-state index contributed by atoms with van der Waals surface area (Å²) in [5.41, 5.74) is 2.99. The first kappa shape index (κ1) is 24.1. The fourth-order valence-electron chi connectivity index (χ4n) is 4.20. The topological polar surface area (TPSA) is 78.8 Å². The molecule has 6 nitrogen and oxygen atoms in total. The number of rotatable bonds is 7. The molecule has 0 saturated heterocycles. The van der Waals surface area contributed by atoms with Crippen LogP contribution in [0.4, 0.5) is 10.1 Å². The molecule has 5 aromatic carbocycles. The van der Waals surface area contributed by atoms with Crippen molar-refractivity contribution >= 4 is 49.4 Å². The number of hydrazone groups is 1. The second-order valence-electron chi connectivity index (χ2n) is 8.30. The Labute approximate surface area is 213 Å². The van der Waals surface area contributed by atoms with E-state index in [1.165, 1.54) is 30.3 Å². The summed E-state index contributed by atoms with van der Waals surface area (Å²) in [6.45, 7) is -0.661. The standard InChI is InChI=1S/C29H22FN3O3S/c30-27-16-8-9-17-28(27)33(37(35,36)23-12-2-1-3-13-23)20-29(34)32-31-19-26-24-14-6-4-10-21(24)18-22-11-5-7-15-25(22)26/h1-19H,20H2,(H,32,34)/b31-19-. The van der Waals surface area contributed by atoms with Crippen LogP contribution in [0.1, 0.15) is 5.56 Å². The number of anilines is 1. The lowest BCUT2D eigenvalue weighted by molar-refractivity contribution is -0.119. The van der Waals surface area contributed by atoms with E-state index in [0.29, 0.717) is 0 Å². The lowest BCUT2D eigenvalue weighted by Crippen LogP contribution is -2.40. The summed E-state index contributed by atoms with van der Waals surface area (Å²) in [5.74, 6) is -1.48. The smallest absolute Gasteiger partial charge is 0.264 e. The summed E-state index contributed by atoms with van der Waals surface area (Å²) in [7, 11) is -4.23. The highest BCUT2D eigenvalue weighted by Crippen LogP contribution is 2.28. The van der Waals surface area contributed by atoms with Gasteiger partial charge in [-0.05, 0) is 51.9 Å². The number of carbonyl (C=O) groups is 1. The maximum absolute atomic E-state index is 14.6. The number of carbonyl (C=O) groups excluding carboxylic acids is 1. The summed E-state index contributed by atoms with van der Waals surface area (Å²) in [5, 5.41) is 8.08. The average Bonchev–Trinajstić information content (AvgIpc) is 2.92. The second-order valence-corrected chi connectivity index (χ2v) is 10.2. The lowest BCUT2D eigenvalue weighted by atomic mass is 9.97. The van der Waals surface area contributed by atoms with Gasteiger partial charge in [0.2, 0.25) is 0 Å². The Kier molecular flexibility index (Phi) is 6.66. The lowest BCUT2D eigenvalue weighted by Gasteiger charge is -2.24. The quantitative estimate of drug-likeness (QED) is 0.179. The van der Waals surface area contributed by atoms with Gasteiger partial charge in [-0.25, -0.2) is 18.2 Å². The van der Waals surface area contributed by atoms with E-state index < -0.39 is 28.3 Å². The van der Waals surface area contributed by atoms with Crippen LogP contribution in [0, 0.1) is 5.82 Å². The van der Waals surface area contributed by atoms with E-state index in [1.807, 2.05) is 48.5 Å². The van der Waals surface area contributed by atoms with Gasteiger partial charge in [-0.1, -0.05) is 78.9 Å². The molecule has 0 unspecified atom stereocenters. The molecule has 0 bridgehead atoms. The molecular weight excluding hydrogens is 489 g/mol. The van der Waals surface area contributed by atoms with Gasteiger partial charge in [-0.2, -0.15) is 5.10 Å². The zero-order valence-electron chi connectivity index (χ0n) is 19.6. The third-order valence-corrected chi connectivity index (χ3v) is 7.71. The van der Waals surface area contributed by atoms with Crippen molar-refractivity contribution in [1.29, 1.82) is 0 Å². The van der Waals surface area contributed by atoms with Crippen LogP contribution in [0.2, 0.25) is 0 Å². The van der Waals surface area contributed by atoms with Crippen molar-refractivity contribution in [2.45, 2.75) is 4.90 Å². The van der Waals surface area contributed by atoms with Crippen molar-refractivity contribution in [3.05, 3.63) is 121 Å². The second kappa shape index (κ2) is 10.2. The third kappa shape index (κ3) is 4.92. The summed E-state index contributed by atoms with van der Waals surface area (Å²) in [4.78, 5) is 12.8. The van der Waals surface area contributed by atoms with Gasteiger partial charge >= 0.3 is 0 Å². The highest BCUT2D eigenvalue weighted by atomic mass is 32.2. The normalized spacial score (nSPS) is 11.7. The maximum Gasteiger partial charge on any atom is 0.264 e. The number of sulfonamides is 1. The van der Waals surface area contributed by atoms with E-state index in [1.54, 1.807) is 24.4 Å². The van der Waals surface area contributed by atoms with Crippen LogP contribution in [0.15, 0.2) is 119 Å². The van der Waals surface area contributed by atoms with Crippen LogP contribution in [0.25, 0.3) is 21.5 Å². The van der Waals surface area contributed by atoms with Gasteiger partial charge in [-0.15, -0.1) is 0 Å². The highest BCUT2D eigenvalue weighted by molar-refractivity contribution is 7.92. The number of fused-ring (bicyclic) bond motifs is 2. The van der Waals surface area contributed by atoms with Gasteiger partial charge in [0.1, 0.15) is 12.4 Å². The van der Waals surface area contributed by atoms with E-state index in [2.05, 4.69) is 16.6 Å². The van der Waals surface area contributed by atoms with Crippen molar-refractivity contribution in [2.75, 3.05) is 10.8 Å². The predicted molar refractivity (Wildman–Crippen MR) is 145 cm³/mol. The molecule has 0 heterocycles. The number of hydrogen-bond acceptors (Lipinski definition) is 4. The Morgan fingerprint density at radius 3 is 2.03 bits per heavy atom. The van der Waals surface area contributed by atoms with E-state index >= 15 is 0 Å². The molecule has 0 radical (unpaired) electrons. The van der Waals surface area contributed by atoms with Crippen LogP contribution >= 0.6 is 0 Å². The molecule has 5 aromatic rings. The Hall–Kier alpha value is -4.56. The molecule has 5 rings (SSSR count). The number of para-hydroxylation sites is 1. The first-order valence-electron chi connectivity index (χ1n) is 11.5. The molecule has 0 aromatic heterocycles. The Balaban J connectivity index is 1.45. The molecule has 0 aliphatic carbocycles. The zero-order chi connectivity index (χ0) is 25.8. The van der Waals surface area contributed by atoms with Gasteiger partial charge in [0.05, 0.1) is 16.8 Å². The van der Waals surface area contributed by atoms with Crippen molar-refractivity contribution < 1.29 is 17.6 Å². The number of benzene rings is 5. The predicted octanol–water partition coefficient (Wildman–Crippen LogP) is 5.48. The minimum Gasteiger partial charge on any atom is -0.271 e. The number of nitrogens with zero attached hydrogens (tertiary/aromatic N) is 2. The molecule has 0 atom stereocenters. The first-order valence-corrected chi connectivity index (χ1v) is 12.9. The molecule has 0 spiro atoms. The van der Waals surface area contributed by atoms with Crippen molar-refractivity contribution in [3.8, 4) is 0 Å². The summed E-state index contributed by atoms with van der Waals surface area (Å²) >= 11 is 0. The maximum atomic E-state index is 14.6. The van der Waals surface area contributed by atoms with Gasteiger partial charge in [-0.3, -0.25) is 9.10 Å². The Bertz CT molecular complexity index is 1680. The molecule has 0 aliphatic heterocycles. The molecule has 8 heteroatoms. The van der Waals surface area contributed by atoms with Crippen LogP contribution in [-0.2, 0) is 14.8 Å². The van der Waals surface area contributed by atoms with Gasteiger partial charge in [0.15, 0.2) is 0 Å². The van der Waals surface area contributed by atoms with Crippen molar-refractivity contribution in [3.63, 3.8) is 0 Å².